The molecule has 11 heteroatoms. The number of rotatable bonds is 5. The van der Waals surface area contributed by atoms with Crippen LogP contribution in [0.25, 0.3) is 11.0 Å². The summed E-state index contributed by atoms with van der Waals surface area (Å²) >= 11 is 0. The number of aromatic nitrogens is 2. The first-order valence-corrected chi connectivity index (χ1v) is 9.50. The van der Waals surface area contributed by atoms with Gasteiger partial charge in [0.2, 0.25) is 15.9 Å². The second kappa shape index (κ2) is 8.21. The van der Waals surface area contributed by atoms with Crippen molar-refractivity contribution in [1.29, 1.82) is 0 Å². The van der Waals surface area contributed by atoms with Crippen LogP contribution in [-0.2, 0) is 14.8 Å². The van der Waals surface area contributed by atoms with Crippen LogP contribution < -0.4 is 11.0 Å². The summed E-state index contributed by atoms with van der Waals surface area (Å²) < 4.78 is 27.0. The van der Waals surface area contributed by atoms with Gasteiger partial charge >= 0.3 is 5.69 Å². The molecule has 26 heavy (non-hydrogen) atoms. The molecule has 3 rings (SSSR count). The molecule has 0 atom stereocenters. The van der Waals surface area contributed by atoms with E-state index in [0.29, 0.717) is 37.1 Å². The number of aromatic amines is 2. The first-order valence-electron chi connectivity index (χ1n) is 8.06. The highest BCUT2D eigenvalue weighted by atomic mass is 35.5. The molecule has 1 fully saturated rings. The normalized spacial score (nSPS) is 15.8. The van der Waals surface area contributed by atoms with Gasteiger partial charge in [-0.2, -0.15) is 4.31 Å². The zero-order chi connectivity index (χ0) is 18.0. The Kier molecular flexibility index (Phi) is 6.45. The van der Waals surface area contributed by atoms with Gasteiger partial charge in [-0.25, -0.2) is 13.2 Å². The van der Waals surface area contributed by atoms with Gasteiger partial charge in [0.1, 0.15) is 0 Å². The van der Waals surface area contributed by atoms with Crippen LogP contribution in [0.3, 0.4) is 0 Å². The number of nitrogens with zero attached hydrogens (tertiary/aromatic N) is 2. The van der Waals surface area contributed by atoms with Gasteiger partial charge in [-0.05, 0) is 25.2 Å². The van der Waals surface area contributed by atoms with E-state index in [1.54, 1.807) is 18.0 Å². The minimum Gasteiger partial charge on any atom is -0.340 e. The van der Waals surface area contributed by atoms with Gasteiger partial charge in [-0.3, -0.25) is 4.79 Å². The van der Waals surface area contributed by atoms with Gasteiger partial charge in [0, 0.05) is 39.1 Å². The monoisotopic (exact) mass is 403 g/mol. The number of benzene rings is 1. The fourth-order valence-electron chi connectivity index (χ4n) is 2.89. The van der Waals surface area contributed by atoms with E-state index >= 15 is 0 Å². The number of carbonyl (C=O) groups excluding carboxylic acids is 1. The highest BCUT2D eigenvalue weighted by molar-refractivity contribution is 7.89. The van der Waals surface area contributed by atoms with Crippen molar-refractivity contribution in [3.8, 4) is 0 Å². The first kappa shape index (κ1) is 20.4. The van der Waals surface area contributed by atoms with Crippen molar-refractivity contribution < 1.29 is 13.2 Å². The van der Waals surface area contributed by atoms with Gasteiger partial charge < -0.3 is 20.2 Å². The molecule has 0 aliphatic carbocycles. The molecule has 0 unspecified atom stereocenters. The Morgan fingerprint density at radius 2 is 1.81 bits per heavy atom. The Hall–Kier alpha value is -1.88. The summed E-state index contributed by atoms with van der Waals surface area (Å²) in [6.07, 6.45) is 0.404. The number of fused-ring (bicyclic) bond motifs is 1. The maximum absolute atomic E-state index is 12.8. The summed E-state index contributed by atoms with van der Waals surface area (Å²) in [4.78, 5) is 30.3. The molecule has 2 heterocycles. The average Bonchev–Trinajstić information content (AvgIpc) is 2.98. The molecule has 1 amide bonds. The van der Waals surface area contributed by atoms with Gasteiger partial charge in [0.15, 0.2) is 0 Å². The Labute approximate surface area is 157 Å². The second-order valence-corrected chi connectivity index (χ2v) is 7.86. The smallest absolute Gasteiger partial charge is 0.323 e. The van der Waals surface area contributed by atoms with E-state index < -0.39 is 10.0 Å². The van der Waals surface area contributed by atoms with E-state index in [1.165, 1.54) is 16.4 Å². The predicted octanol–water partition coefficient (Wildman–Crippen LogP) is -0.280. The minimum atomic E-state index is -3.66. The number of nitrogens with one attached hydrogen (secondary N) is 3. The SMILES string of the molecule is CNCCC(=O)N1CCN(S(=O)(=O)c2ccc3[nH]c(=O)[nH]c3c2)CC1.Cl. The number of hydrogen-bond acceptors (Lipinski definition) is 5. The highest BCUT2D eigenvalue weighted by Gasteiger charge is 2.30. The summed E-state index contributed by atoms with van der Waals surface area (Å²) in [5, 5.41) is 2.93. The maximum Gasteiger partial charge on any atom is 0.323 e. The van der Waals surface area contributed by atoms with Crippen LogP contribution in [0.15, 0.2) is 27.9 Å². The largest absolute Gasteiger partial charge is 0.340 e. The van der Waals surface area contributed by atoms with Crippen molar-refractivity contribution in [2.75, 3.05) is 39.8 Å². The molecule has 0 saturated carbocycles. The van der Waals surface area contributed by atoms with Crippen LogP contribution in [0.2, 0.25) is 0 Å². The number of hydrogen-bond donors (Lipinski definition) is 3. The van der Waals surface area contributed by atoms with E-state index in [-0.39, 0.29) is 42.0 Å². The number of halogens is 1. The quantitative estimate of drug-likeness (QED) is 0.634. The van der Waals surface area contributed by atoms with Crippen LogP contribution in [0.5, 0.6) is 0 Å². The van der Waals surface area contributed by atoms with Gasteiger partial charge in [0.25, 0.3) is 0 Å². The molecule has 1 aromatic heterocycles. The zero-order valence-corrected chi connectivity index (χ0v) is 16.0. The molecule has 1 aromatic carbocycles. The molecule has 9 nitrogen and oxygen atoms in total. The lowest BCUT2D eigenvalue weighted by atomic mass is 10.3. The molecule has 144 valence electrons. The standard InChI is InChI=1S/C15H21N5O4S.ClH/c1-16-5-4-14(21)19-6-8-20(9-7-19)25(23,24)11-2-3-12-13(10-11)18-15(22)17-12;/h2-3,10,16H,4-9H2,1H3,(H2,17,18,22);1H. The number of amides is 1. The molecule has 0 bridgehead atoms. The third kappa shape index (κ3) is 4.09. The summed E-state index contributed by atoms with van der Waals surface area (Å²) in [7, 11) is -1.88. The summed E-state index contributed by atoms with van der Waals surface area (Å²) in [6.45, 7) is 1.88. The van der Waals surface area contributed by atoms with E-state index in [0.717, 1.165) is 0 Å². The summed E-state index contributed by atoms with van der Waals surface area (Å²) in [6, 6.07) is 4.50. The fraction of sp³-hybridized carbons (Fsp3) is 0.467. The number of imidazole rings is 1. The molecule has 1 aliphatic rings. The zero-order valence-electron chi connectivity index (χ0n) is 14.3. The summed E-state index contributed by atoms with van der Waals surface area (Å²) in [5.41, 5.74) is 0.633. The Morgan fingerprint density at radius 1 is 1.15 bits per heavy atom. The van der Waals surface area contributed by atoms with Gasteiger partial charge in [-0.1, -0.05) is 0 Å². The third-order valence-corrected chi connectivity index (χ3v) is 6.20. The maximum atomic E-state index is 12.8. The van der Waals surface area contributed by atoms with Gasteiger partial charge in [0.05, 0.1) is 15.9 Å². The van der Waals surface area contributed by atoms with Crippen molar-refractivity contribution in [2.24, 2.45) is 0 Å². The number of piperazine rings is 1. The minimum absolute atomic E-state index is 0. The fourth-order valence-corrected chi connectivity index (χ4v) is 4.34. The van der Waals surface area contributed by atoms with Crippen molar-refractivity contribution in [1.82, 2.24) is 24.5 Å². The molecule has 2 aromatic rings. The molecule has 3 N–H and O–H groups in total. The highest BCUT2D eigenvalue weighted by Crippen LogP contribution is 2.20. The molecule has 1 saturated heterocycles. The van der Waals surface area contributed by atoms with Crippen molar-refractivity contribution in [2.45, 2.75) is 11.3 Å². The molecule has 0 radical (unpaired) electrons. The lowest BCUT2D eigenvalue weighted by molar-refractivity contribution is -0.132. The second-order valence-electron chi connectivity index (χ2n) is 5.92. The van der Waals surface area contributed by atoms with Crippen LogP contribution >= 0.6 is 12.4 Å². The van der Waals surface area contributed by atoms with E-state index in [4.69, 9.17) is 0 Å². The van der Waals surface area contributed by atoms with Crippen LogP contribution in [0.4, 0.5) is 0 Å². The van der Waals surface area contributed by atoms with E-state index in [1.807, 2.05) is 0 Å². The Morgan fingerprint density at radius 3 is 2.46 bits per heavy atom. The topological polar surface area (TPSA) is 118 Å². The van der Waals surface area contributed by atoms with E-state index in [2.05, 4.69) is 15.3 Å². The van der Waals surface area contributed by atoms with Crippen LogP contribution in [0.1, 0.15) is 6.42 Å². The number of H-pyrrole nitrogens is 2. The van der Waals surface area contributed by atoms with Crippen molar-refractivity contribution in [3.63, 3.8) is 0 Å². The first-order chi connectivity index (χ1) is 11.9. The Bertz CT molecular complexity index is 931. The molecule has 0 spiro atoms. The van der Waals surface area contributed by atoms with Crippen molar-refractivity contribution >= 4 is 39.4 Å². The van der Waals surface area contributed by atoms with Crippen LogP contribution in [-0.4, -0.2) is 73.3 Å². The third-order valence-electron chi connectivity index (χ3n) is 4.31. The van der Waals surface area contributed by atoms with E-state index in [9.17, 15) is 18.0 Å². The number of sulfonamides is 1. The van der Waals surface area contributed by atoms with Gasteiger partial charge in [-0.15, -0.1) is 12.4 Å². The molecular weight excluding hydrogens is 382 g/mol. The lowest BCUT2D eigenvalue weighted by Gasteiger charge is -2.34. The average molecular weight is 404 g/mol. The van der Waals surface area contributed by atoms with Crippen molar-refractivity contribution in [3.05, 3.63) is 28.7 Å². The number of carbonyl (C=O) groups is 1. The van der Waals surface area contributed by atoms with Crippen LogP contribution in [0, 0.1) is 0 Å². The summed E-state index contributed by atoms with van der Waals surface area (Å²) in [5.74, 6) is 0.0257. The molecule has 1 aliphatic heterocycles. The predicted molar refractivity (Wildman–Crippen MR) is 100 cm³/mol. The molecular formula is C15H22ClN5O4S. The lowest BCUT2D eigenvalue weighted by Crippen LogP contribution is -2.50. The Balaban J connectivity index is 0.00000243.